The molecule has 0 saturated heterocycles. The Morgan fingerprint density at radius 3 is 2.48 bits per heavy atom. The monoisotopic (exact) mass is 400 g/mol. The van der Waals surface area contributed by atoms with E-state index < -0.39 is 5.97 Å². The van der Waals surface area contributed by atoms with Crippen molar-refractivity contribution < 1.29 is 33.3 Å². The molecule has 0 radical (unpaired) electrons. The molecule has 0 saturated carbocycles. The van der Waals surface area contributed by atoms with Crippen molar-refractivity contribution in [3.05, 3.63) is 47.5 Å². The van der Waals surface area contributed by atoms with Gasteiger partial charge in [-0.3, -0.25) is 4.79 Å². The minimum atomic E-state index is -0.615. The van der Waals surface area contributed by atoms with E-state index in [1.54, 1.807) is 36.4 Å². The third kappa shape index (κ3) is 5.19. The van der Waals surface area contributed by atoms with Crippen LogP contribution in [0.4, 0.5) is 0 Å². The number of carbonyl (C=O) groups is 2. The number of Topliss-reactive ketones (excluding diaryl/α,β-unsaturated/α-hetero) is 1. The van der Waals surface area contributed by atoms with Crippen LogP contribution in [0.2, 0.25) is 0 Å². The highest BCUT2D eigenvalue weighted by Gasteiger charge is 2.18. The van der Waals surface area contributed by atoms with Gasteiger partial charge in [0.2, 0.25) is 6.79 Å². The first-order chi connectivity index (χ1) is 14.0. The summed E-state index contributed by atoms with van der Waals surface area (Å²) in [5, 5.41) is 0. The fourth-order valence-electron chi connectivity index (χ4n) is 2.65. The number of ketones is 1. The topological polar surface area (TPSA) is 80.3 Å². The lowest BCUT2D eigenvalue weighted by Crippen LogP contribution is -2.14. The van der Waals surface area contributed by atoms with Gasteiger partial charge in [0.05, 0.1) is 18.8 Å². The van der Waals surface area contributed by atoms with Crippen LogP contribution < -0.4 is 18.9 Å². The predicted octanol–water partition coefficient (Wildman–Crippen LogP) is 3.89. The summed E-state index contributed by atoms with van der Waals surface area (Å²) >= 11 is 0. The molecular formula is C22H24O7. The maximum atomic E-state index is 12.4. The summed E-state index contributed by atoms with van der Waals surface area (Å²) in [4.78, 5) is 24.7. The van der Waals surface area contributed by atoms with Crippen LogP contribution in [0.1, 0.15) is 41.5 Å². The average Bonchev–Trinajstić information content (AvgIpc) is 3.18. The van der Waals surface area contributed by atoms with Crippen LogP contribution in [0, 0.1) is 5.92 Å². The molecule has 1 heterocycles. The van der Waals surface area contributed by atoms with Crippen LogP contribution in [-0.4, -0.2) is 38.4 Å². The Morgan fingerprint density at radius 1 is 0.966 bits per heavy atom. The van der Waals surface area contributed by atoms with Crippen LogP contribution in [0.3, 0.4) is 0 Å². The number of fused-ring (bicyclic) bond motifs is 1. The molecule has 0 aromatic heterocycles. The lowest BCUT2D eigenvalue weighted by molar-refractivity contribution is 0.0474. The zero-order valence-corrected chi connectivity index (χ0v) is 16.7. The van der Waals surface area contributed by atoms with Gasteiger partial charge in [0.25, 0.3) is 0 Å². The van der Waals surface area contributed by atoms with Gasteiger partial charge in [-0.15, -0.1) is 0 Å². The number of rotatable bonds is 9. The van der Waals surface area contributed by atoms with E-state index in [1.165, 1.54) is 0 Å². The highest BCUT2D eigenvalue weighted by atomic mass is 16.7. The molecule has 29 heavy (non-hydrogen) atoms. The number of benzene rings is 2. The van der Waals surface area contributed by atoms with Crippen LogP contribution in [0.15, 0.2) is 36.4 Å². The van der Waals surface area contributed by atoms with Gasteiger partial charge in [0.1, 0.15) is 0 Å². The molecule has 7 heteroatoms. The minimum absolute atomic E-state index is 0.126. The van der Waals surface area contributed by atoms with E-state index in [1.807, 2.05) is 20.8 Å². The molecule has 0 unspecified atom stereocenters. The van der Waals surface area contributed by atoms with Crippen molar-refractivity contribution in [3.63, 3.8) is 0 Å². The zero-order valence-electron chi connectivity index (χ0n) is 16.7. The first kappa shape index (κ1) is 20.5. The van der Waals surface area contributed by atoms with Gasteiger partial charge in [-0.25, -0.2) is 4.79 Å². The molecule has 0 atom stereocenters. The number of ether oxygens (including phenoxy) is 5. The van der Waals surface area contributed by atoms with E-state index in [4.69, 9.17) is 23.7 Å². The lowest BCUT2D eigenvalue weighted by atomic mass is 10.1. The lowest BCUT2D eigenvalue weighted by Gasteiger charge is -2.14. The van der Waals surface area contributed by atoms with Gasteiger partial charge < -0.3 is 23.7 Å². The zero-order chi connectivity index (χ0) is 20.8. The quantitative estimate of drug-likeness (QED) is 0.467. The highest BCUT2D eigenvalue weighted by molar-refractivity contribution is 6.00. The standard InChI is InChI=1S/C22H24O7/c1-4-25-20-10-16(6-8-18(20)26-11-14(2)3)22(24)27-12-17(23)15-5-7-19-21(9-15)29-13-28-19/h5-10,14H,4,11-13H2,1-3H3. The predicted molar refractivity (Wildman–Crippen MR) is 105 cm³/mol. The summed E-state index contributed by atoms with van der Waals surface area (Å²) in [6.45, 7) is 6.65. The molecule has 0 aliphatic carbocycles. The summed E-state index contributed by atoms with van der Waals surface area (Å²) in [7, 11) is 0. The highest BCUT2D eigenvalue weighted by Crippen LogP contribution is 2.33. The molecule has 0 spiro atoms. The Morgan fingerprint density at radius 2 is 1.72 bits per heavy atom. The van der Waals surface area contributed by atoms with E-state index >= 15 is 0 Å². The van der Waals surface area contributed by atoms with Crippen molar-refractivity contribution >= 4 is 11.8 Å². The van der Waals surface area contributed by atoms with E-state index in [-0.39, 0.29) is 24.7 Å². The minimum Gasteiger partial charge on any atom is -0.490 e. The fourth-order valence-corrected chi connectivity index (χ4v) is 2.65. The maximum Gasteiger partial charge on any atom is 0.338 e. The second-order valence-corrected chi connectivity index (χ2v) is 6.87. The molecule has 0 amide bonds. The van der Waals surface area contributed by atoms with Crippen LogP contribution >= 0.6 is 0 Å². The Kier molecular flexibility index (Phi) is 6.59. The summed E-state index contributed by atoms with van der Waals surface area (Å²) < 4.78 is 27.0. The Labute approximate surface area is 169 Å². The van der Waals surface area contributed by atoms with Crippen molar-refractivity contribution in [1.82, 2.24) is 0 Å². The normalized spacial score (nSPS) is 12.0. The number of carbonyl (C=O) groups excluding carboxylic acids is 2. The van der Waals surface area contributed by atoms with Gasteiger partial charge in [0, 0.05) is 5.56 Å². The third-order valence-corrected chi connectivity index (χ3v) is 4.08. The van der Waals surface area contributed by atoms with E-state index in [2.05, 4.69) is 0 Å². The molecular weight excluding hydrogens is 376 g/mol. The van der Waals surface area contributed by atoms with Gasteiger partial charge in [-0.05, 0) is 49.2 Å². The second kappa shape index (κ2) is 9.32. The SMILES string of the molecule is CCOc1cc(C(=O)OCC(=O)c2ccc3c(c2)OCO3)ccc1OCC(C)C. The molecule has 2 aromatic carbocycles. The molecule has 3 rings (SSSR count). The van der Waals surface area contributed by atoms with Gasteiger partial charge in [-0.2, -0.15) is 0 Å². The van der Waals surface area contributed by atoms with Crippen molar-refractivity contribution in [2.45, 2.75) is 20.8 Å². The smallest absolute Gasteiger partial charge is 0.338 e. The van der Waals surface area contributed by atoms with Crippen molar-refractivity contribution in [1.29, 1.82) is 0 Å². The summed E-state index contributed by atoms with van der Waals surface area (Å²) in [6, 6.07) is 9.66. The molecule has 154 valence electrons. The van der Waals surface area contributed by atoms with E-state index in [9.17, 15) is 9.59 Å². The third-order valence-electron chi connectivity index (χ3n) is 4.08. The molecule has 0 bridgehead atoms. The Hall–Kier alpha value is -3.22. The second-order valence-electron chi connectivity index (χ2n) is 6.87. The fraction of sp³-hybridized carbons (Fsp3) is 0.364. The molecule has 0 N–H and O–H groups in total. The molecule has 0 fully saturated rings. The Bertz CT molecular complexity index is 889. The van der Waals surface area contributed by atoms with E-state index in [0.29, 0.717) is 47.7 Å². The molecule has 7 nitrogen and oxygen atoms in total. The van der Waals surface area contributed by atoms with Gasteiger partial charge in [0.15, 0.2) is 35.4 Å². The molecule has 1 aliphatic rings. The van der Waals surface area contributed by atoms with Crippen LogP contribution in [0.5, 0.6) is 23.0 Å². The summed E-state index contributed by atoms with van der Waals surface area (Å²) in [5.41, 5.74) is 0.665. The van der Waals surface area contributed by atoms with Crippen LogP contribution in [0.25, 0.3) is 0 Å². The van der Waals surface area contributed by atoms with Crippen molar-refractivity contribution in [2.24, 2.45) is 5.92 Å². The van der Waals surface area contributed by atoms with E-state index in [0.717, 1.165) is 0 Å². The van der Waals surface area contributed by atoms with Gasteiger partial charge in [-0.1, -0.05) is 13.8 Å². The first-order valence-corrected chi connectivity index (χ1v) is 9.47. The summed E-state index contributed by atoms with van der Waals surface area (Å²) in [6.07, 6.45) is 0. The molecule has 1 aliphatic heterocycles. The number of hydrogen-bond donors (Lipinski definition) is 0. The van der Waals surface area contributed by atoms with Crippen molar-refractivity contribution in [3.8, 4) is 23.0 Å². The van der Waals surface area contributed by atoms with Crippen molar-refractivity contribution in [2.75, 3.05) is 26.6 Å². The number of esters is 1. The first-order valence-electron chi connectivity index (χ1n) is 9.47. The Balaban J connectivity index is 1.63. The molecule has 2 aromatic rings. The maximum absolute atomic E-state index is 12.4. The van der Waals surface area contributed by atoms with Crippen LogP contribution in [-0.2, 0) is 4.74 Å². The number of hydrogen-bond acceptors (Lipinski definition) is 7. The summed E-state index contributed by atoms with van der Waals surface area (Å²) in [5.74, 6) is 1.52. The van der Waals surface area contributed by atoms with Gasteiger partial charge >= 0.3 is 5.97 Å². The average molecular weight is 400 g/mol. The largest absolute Gasteiger partial charge is 0.490 e.